The number of aryl methyl sites for hydroxylation is 1. The first-order valence-corrected chi connectivity index (χ1v) is 10.3. The Bertz CT molecular complexity index is 1010. The molecule has 3 aromatic rings. The third kappa shape index (κ3) is 4.57. The number of rotatable bonds is 5. The van der Waals surface area contributed by atoms with E-state index in [0.717, 1.165) is 42.6 Å². The van der Waals surface area contributed by atoms with Crippen LogP contribution < -0.4 is 10.6 Å². The van der Waals surface area contributed by atoms with Crippen LogP contribution in [0.2, 0.25) is 0 Å². The van der Waals surface area contributed by atoms with Gasteiger partial charge < -0.3 is 15.7 Å². The summed E-state index contributed by atoms with van der Waals surface area (Å²) >= 11 is 0. The van der Waals surface area contributed by atoms with Gasteiger partial charge in [0.05, 0.1) is 12.1 Å². The van der Waals surface area contributed by atoms with Crippen molar-refractivity contribution in [1.29, 1.82) is 0 Å². The molecule has 1 saturated carbocycles. The molecule has 1 fully saturated rings. The smallest absolute Gasteiger partial charge is 0.251 e. The summed E-state index contributed by atoms with van der Waals surface area (Å²) in [6, 6.07) is 18.0. The van der Waals surface area contributed by atoms with Gasteiger partial charge in [0.2, 0.25) is 0 Å². The molecule has 0 bridgehead atoms. The number of carbonyl (C=O) groups excluding carboxylic acids is 1. The second-order valence-electron chi connectivity index (χ2n) is 7.87. The number of aliphatic hydroxyl groups excluding tert-OH is 1. The molecule has 1 aromatic heterocycles. The Morgan fingerprint density at radius 2 is 1.79 bits per heavy atom. The topological polar surface area (TPSA) is 74.2 Å². The van der Waals surface area contributed by atoms with E-state index in [-0.39, 0.29) is 18.6 Å². The Labute approximate surface area is 171 Å². The first kappa shape index (κ1) is 19.4. The van der Waals surface area contributed by atoms with Crippen molar-refractivity contribution in [2.45, 2.75) is 51.3 Å². The van der Waals surface area contributed by atoms with Gasteiger partial charge >= 0.3 is 0 Å². The maximum Gasteiger partial charge on any atom is 0.251 e. The lowest BCUT2D eigenvalue weighted by molar-refractivity contribution is 0.0926. The maximum atomic E-state index is 12.5. The summed E-state index contributed by atoms with van der Waals surface area (Å²) < 4.78 is 0. The summed E-state index contributed by atoms with van der Waals surface area (Å²) in [7, 11) is 0. The zero-order valence-electron chi connectivity index (χ0n) is 16.7. The largest absolute Gasteiger partial charge is 0.392 e. The number of hydrogen-bond donors (Lipinski definition) is 3. The summed E-state index contributed by atoms with van der Waals surface area (Å²) in [6.07, 6.45) is 3.87. The number of amides is 1. The van der Waals surface area contributed by atoms with Crippen LogP contribution in [0.4, 0.5) is 5.82 Å². The van der Waals surface area contributed by atoms with Crippen molar-refractivity contribution < 1.29 is 9.90 Å². The summed E-state index contributed by atoms with van der Waals surface area (Å²) in [6.45, 7) is 2.06. The molecular weight excluding hydrogens is 362 g/mol. The average molecular weight is 389 g/mol. The number of hydrogen-bond acceptors (Lipinski definition) is 4. The van der Waals surface area contributed by atoms with Gasteiger partial charge in [-0.25, -0.2) is 4.98 Å². The molecule has 4 rings (SSSR count). The molecule has 1 aliphatic carbocycles. The van der Waals surface area contributed by atoms with Crippen LogP contribution in [-0.4, -0.2) is 28.1 Å². The first-order chi connectivity index (χ1) is 14.1. The van der Waals surface area contributed by atoms with Crippen molar-refractivity contribution in [2.24, 2.45) is 0 Å². The molecule has 0 radical (unpaired) electrons. The van der Waals surface area contributed by atoms with Crippen LogP contribution in [0.15, 0.2) is 54.6 Å². The van der Waals surface area contributed by atoms with Gasteiger partial charge in [0.25, 0.3) is 5.91 Å². The second-order valence-corrected chi connectivity index (χ2v) is 7.87. The van der Waals surface area contributed by atoms with Crippen LogP contribution in [0.5, 0.6) is 0 Å². The summed E-state index contributed by atoms with van der Waals surface area (Å²) in [4.78, 5) is 17.2. The molecule has 1 amide bonds. The van der Waals surface area contributed by atoms with Crippen LogP contribution in [0.25, 0.3) is 10.9 Å². The minimum atomic E-state index is -0.0662. The van der Waals surface area contributed by atoms with Crippen molar-refractivity contribution in [1.82, 2.24) is 10.3 Å². The fourth-order valence-corrected chi connectivity index (χ4v) is 4.09. The van der Waals surface area contributed by atoms with Crippen LogP contribution >= 0.6 is 0 Å². The molecule has 5 heteroatoms. The highest BCUT2D eigenvalue weighted by Crippen LogP contribution is 2.25. The van der Waals surface area contributed by atoms with E-state index in [0.29, 0.717) is 11.6 Å². The van der Waals surface area contributed by atoms with Crippen molar-refractivity contribution in [3.8, 4) is 0 Å². The highest BCUT2D eigenvalue weighted by Gasteiger charge is 2.23. The highest BCUT2D eigenvalue weighted by molar-refractivity contribution is 5.94. The van der Waals surface area contributed by atoms with Crippen LogP contribution in [-0.2, 0) is 6.61 Å². The van der Waals surface area contributed by atoms with E-state index in [1.807, 2.05) is 24.3 Å². The standard InChI is InChI=1S/C24H27N3O2/c1-16-13-23(27-22-8-3-2-7-21(16)22)25-19-9-11-20(12-10-19)26-24(29)18-6-4-5-17(14-18)15-28/h2-8,13-14,19-20,28H,9-12,15H2,1H3,(H,25,27)(H,26,29). The van der Waals surface area contributed by atoms with E-state index in [9.17, 15) is 9.90 Å². The third-order valence-electron chi connectivity index (χ3n) is 5.71. The molecule has 3 N–H and O–H groups in total. The minimum Gasteiger partial charge on any atom is -0.392 e. The number of benzene rings is 2. The van der Waals surface area contributed by atoms with E-state index in [1.54, 1.807) is 18.2 Å². The minimum absolute atomic E-state index is 0.0554. The van der Waals surface area contributed by atoms with E-state index in [1.165, 1.54) is 10.9 Å². The first-order valence-electron chi connectivity index (χ1n) is 10.3. The SMILES string of the molecule is Cc1cc(NC2CCC(NC(=O)c3cccc(CO)c3)CC2)nc2ccccc12. The Morgan fingerprint density at radius 1 is 1.03 bits per heavy atom. The van der Waals surface area contributed by atoms with Gasteiger partial charge in [-0.15, -0.1) is 0 Å². The van der Waals surface area contributed by atoms with E-state index >= 15 is 0 Å². The van der Waals surface area contributed by atoms with Gasteiger partial charge in [0.1, 0.15) is 5.82 Å². The van der Waals surface area contributed by atoms with Crippen molar-refractivity contribution >= 4 is 22.6 Å². The number of para-hydroxylation sites is 1. The van der Waals surface area contributed by atoms with Crippen molar-refractivity contribution in [2.75, 3.05) is 5.32 Å². The lowest BCUT2D eigenvalue weighted by Crippen LogP contribution is -2.40. The van der Waals surface area contributed by atoms with Crippen molar-refractivity contribution in [3.63, 3.8) is 0 Å². The molecule has 1 heterocycles. The molecule has 1 aliphatic rings. The zero-order chi connectivity index (χ0) is 20.2. The molecular formula is C24H27N3O2. The summed E-state index contributed by atoms with van der Waals surface area (Å²) in [5.74, 6) is 0.859. The molecule has 150 valence electrons. The van der Waals surface area contributed by atoms with Crippen LogP contribution in [0, 0.1) is 6.92 Å². The Morgan fingerprint density at radius 3 is 2.59 bits per heavy atom. The maximum absolute atomic E-state index is 12.5. The molecule has 0 atom stereocenters. The van der Waals surface area contributed by atoms with E-state index in [2.05, 4.69) is 29.7 Å². The number of anilines is 1. The molecule has 0 aliphatic heterocycles. The van der Waals surface area contributed by atoms with Gasteiger partial charge in [-0.1, -0.05) is 30.3 Å². The predicted molar refractivity (Wildman–Crippen MR) is 116 cm³/mol. The third-order valence-corrected chi connectivity index (χ3v) is 5.71. The summed E-state index contributed by atoms with van der Waals surface area (Å²) in [5, 5.41) is 17.2. The van der Waals surface area contributed by atoms with Gasteiger partial charge in [0, 0.05) is 23.0 Å². The molecule has 2 aromatic carbocycles. The zero-order valence-corrected chi connectivity index (χ0v) is 16.7. The fourth-order valence-electron chi connectivity index (χ4n) is 4.09. The Balaban J connectivity index is 1.33. The van der Waals surface area contributed by atoms with Gasteiger partial charge in [-0.2, -0.15) is 0 Å². The Kier molecular flexibility index (Phi) is 5.76. The van der Waals surface area contributed by atoms with Gasteiger partial charge in [-0.05, 0) is 68.0 Å². The van der Waals surface area contributed by atoms with Gasteiger partial charge in [-0.3, -0.25) is 4.79 Å². The van der Waals surface area contributed by atoms with E-state index in [4.69, 9.17) is 4.98 Å². The van der Waals surface area contributed by atoms with Crippen LogP contribution in [0.3, 0.4) is 0 Å². The fraction of sp³-hybridized carbons (Fsp3) is 0.333. The Hall–Kier alpha value is -2.92. The summed E-state index contributed by atoms with van der Waals surface area (Å²) in [5.41, 5.74) is 3.60. The van der Waals surface area contributed by atoms with E-state index < -0.39 is 0 Å². The lowest BCUT2D eigenvalue weighted by atomic mass is 9.91. The molecule has 0 unspecified atom stereocenters. The number of aromatic nitrogens is 1. The number of pyridine rings is 1. The number of fused-ring (bicyclic) bond motifs is 1. The molecule has 0 spiro atoms. The molecule has 5 nitrogen and oxygen atoms in total. The monoisotopic (exact) mass is 389 g/mol. The number of carbonyl (C=O) groups is 1. The van der Waals surface area contributed by atoms with Gasteiger partial charge in [0.15, 0.2) is 0 Å². The number of aliphatic hydroxyl groups is 1. The van der Waals surface area contributed by atoms with Crippen LogP contribution in [0.1, 0.15) is 47.2 Å². The predicted octanol–water partition coefficient (Wildman–Crippen LogP) is 4.19. The number of nitrogens with one attached hydrogen (secondary N) is 2. The normalized spacial score (nSPS) is 19.1. The lowest BCUT2D eigenvalue weighted by Gasteiger charge is -2.30. The highest BCUT2D eigenvalue weighted by atomic mass is 16.3. The quantitative estimate of drug-likeness (QED) is 0.612. The number of nitrogens with zero attached hydrogens (tertiary/aromatic N) is 1. The van der Waals surface area contributed by atoms with Crippen molar-refractivity contribution in [3.05, 3.63) is 71.3 Å². The second kappa shape index (κ2) is 8.62. The molecule has 29 heavy (non-hydrogen) atoms. The average Bonchev–Trinajstić information content (AvgIpc) is 2.75. The molecule has 0 saturated heterocycles.